The number of carbonyl (C=O) groups excluding carboxylic acids is 2. The molecule has 0 spiro atoms. The van der Waals surface area contributed by atoms with Gasteiger partial charge in [0.15, 0.2) is 6.10 Å². The second-order valence-electron chi connectivity index (χ2n) is 10.9. The normalized spacial score (nSPS) is 14.3. The number of carbonyl (C=O) groups is 2. The summed E-state index contributed by atoms with van der Waals surface area (Å²) in [6.45, 7) is 17.2. The number of anilines is 1. The maximum atomic E-state index is 13.9. The average molecular weight is 490 g/mol. The van der Waals surface area contributed by atoms with Crippen molar-refractivity contribution in [2.75, 3.05) is 4.90 Å². The lowest BCUT2D eigenvalue weighted by Gasteiger charge is -2.35. The first-order valence-electron chi connectivity index (χ1n) is 12.0. The zero-order chi connectivity index (χ0) is 27.1. The van der Waals surface area contributed by atoms with Gasteiger partial charge in [0.2, 0.25) is 5.91 Å². The molecule has 0 aliphatic heterocycles. The van der Waals surface area contributed by atoms with Crippen molar-refractivity contribution in [2.24, 2.45) is 4.99 Å². The minimum Gasteiger partial charge on any atom is -0.378 e. The van der Waals surface area contributed by atoms with Crippen LogP contribution in [0.25, 0.3) is 0 Å². The molecule has 0 bridgehead atoms. The van der Waals surface area contributed by atoms with E-state index in [0.29, 0.717) is 16.8 Å². The standard InChI is InChI=1S/C30H39N3O3/c1-21(13-12-20-31-8)25(27(35)32-30(5,6)7)33(24-18-16-23(17-19-24)29(2,3)4)28(36)26(34)22-14-10-9-11-15-22/h9-20,25-26,34H,8H2,1-7H3,(H,32,35)/b20-12-,21-13+/t25?,26-/m0/s1. The molecule has 2 N–H and O–H groups in total. The van der Waals surface area contributed by atoms with Gasteiger partial charge in [-0.1, -0.05) is 69.3 Å². The van der Waals surface area contributed by atoms with Gasteiger partial charge in [0.1, 0.15) is 6.04 Å². The summed E-state index contributed by atoms with van der Waals surface area (Å²) in [7, 11) is 0. The van der Waals surface area contributed by atoms with E-state index in [1.807, 2.05) is 51.1 Å². The molecule has 0 aliphatic rings. The predicted molar refractivity (Wildman–Crippen MR) is 148 cm³/mol. The van der Waals surface area contributed by atoms with Crippen LogP contribution in [0.5, 0.6) is 0 Å². The molecular weight excluding hydrogens is 450 g/mol. The van der Waals surface area contributed by atoms with Crippen LogP contribution in [-0.2, 0) is 15.0 Å². The molecule has 0 aliphatic carbocycles. The molecule has 6 nitrogen and oxygen atoms in total. The number of amides is 2. The second kappa shape index (κ2) is 12.0. The van der Waals surface area contributed by atoms with Crippen LogP contribution in [-0.4, -0.2) is 35.2 Å². The maximum absolute atomic E-state index is 13.9. The van der Waals surface area contributed by atoms with Crippen LogP contribution in [0.15, 0.2) is 83.5 Å². The summed E-state index contributed by atoms with van der Waals surface area (Å²) < 4.78 is 0. The summed E-state index contributed by atoms with van der Waals surface area (Å²) in [5.74, 6) is -0.956. The van der Waals surface area contributed by atoms with Crippen LogP contribution in [0.2, 0.25) is 0 Å². The molecule has 2 aromatic carbocycles. The quantitative estimate of drug-likeness (QED) is 0.380. The van der Waals surface area contributed by atoms with Gasteiger partial charge in [-0.05, 0) is 74.7 Å². The molecule has 0 saturated carbocycles. The molecule has 0 aromatic heterocycles. The smallest absolute Gasteiger partial charge is 0.261 e. The van der Waals surface area contributed by atoms with Gasteiger partial charge in [-0.25, -0.2) is 0 Å². The van der Waals surface area contributed by atoms with Crippen LogP contribution >= 0.6 is 0 Å². The molecule has 2 aromatic rings. The molecule has 0 saturated heterocycles. The summed E-state index contributed by atoms with van der Waals surface area (Å²) in [4.78, 5) is 32.6. The average Bonchev–Trinajstić information content (AvgIpc) is 2.80. The minimum atomic E-state index is -1.45. The zero-order valence-electron chi connectivity index (χ0n) is 22.4. The highest BCUT2D eigenvalue weighted by Gasteiger charge is 2.37. The van der Waals surface area contributed by atoms with Crippen molar-refractivity contribution in [3.8, 4) is 0 Å². The summed E-state index contributed by atoms with van der Waals surface area (Å²) >= 11 is 0. The highest BCUT2D eigenvalue weighted by Crippen LogP contribution is 2.30. The van der Waals surface area contributed by atoms with Crippen molar-refractivity contribution in [1.29, 1.82) is 0 Å². The number of aliphatic hydroxyl groups is 1. The Balaban J connectivity index is 2.70. The first-order valence-corrected chi connectivity index (χ1v) is 12.0. The van der Waals surface area contributed by atoms with E-state index in [-0.39, 0.29) is 11.3 Å². The predicted octanol–water partition coefficient (Wildman–Crippen LogP) is 5.49. The zero-order valence-corrected chi connectivity index (χ0v) is 22.4. The van der Waals surface area contributed by atoms with Crippen molar-refractivity contribution < 1.29 is 14.7 Å². The molecule has 2 rings (SSSR count). The Bertz CT molecular complexity index is 1100. The van der Waals surface area contributed by atoms with Gasteiger partial charge in [-0.3, -0.25) is 19.5 Å². The van der Waals surface area contributed by atoms with Gasteiger partial charge in [0.25, 0.3) is 5.91 Å². The van der Waals surface area contributed by atoms with Crippen molar-refractivity contribution in [1.82, 2.24) is 5.32 Å². The van der Waals surface area contributed by atoms with Crippen LogP contribution in [0.1, 0.15) is 65.7 Å². The Morgan fingerprint density at radius 1 is 1.00 bits per heavy atom. The SMILES string of the molecule is C=N/C=C\C=C(/C)C(C(=O)NC(C)(C)C)N(C(=O)[C@@H](O)c1ccccc1)c1ccc(C(C)(C)C)cc1. The van der Waals surface area contributed by atoms with Crippen LogP contribution in [0, 0.1) is 0 Å². The van der Waals surface area contributed by atoms with Crippen LogP contribution in [0.3, 0.4) is 0 Å². The Morgan fingerprint density at radius 3 is 2.08 bits per heavy atom. The fourth-order valence-corrected chi connectivity index (χ4v) is 3.75. The van der Waals surface area contributed by atoms with Gasteiger partial charge < -0.3 is 10.4 Å². The number of nitrogens with one attached hydrogen (secondary N) is 1. The third-order valence-corrected chi connectivity index (χ3v) is 5.58. The van der Waals surface area contributed by atoms with Crippen molar-refractivity contribution in [3.05, 3.63) is 89.6 Å². The lowest BCUT2D eigenvalue weighted by atomic mass is 9.87. The van der Waals surface area contributed by atoms with E-state index in [4.69, 9.17) is 0 Å². The number of nitrogens with zero attached hydrogens (tertiary/aromatic N) is 2. The molecular formula is C30H39N3O3. The van der Waals surface area contributed by atoms with E-state index >= 15 is 0 Å². The summed E-state index contributed by atoms with van der Waals surface area (Å²) in [5.41, 5.74) is 2.03. The summed E-state index contributed by atoms with van der Waals surface area (Å²) in [5, 5.41) is 14.1. The minimum absolute atomic E-state index is 0.0851. The molecule has 0 radical (unpaired) electrons. The van der Waals surface area contributed by atoms with E-state index in [9.17, 15) is 14.7 Å². The van der Waals surface area contributed by atoms with Crippen molar-refractivity contribution in [2.45, 2.75) is 71.6 Å². The fourth-order valence-electron chi connectivity index (χ4n) is 3.75. The molecule has 0 fully saturated rings. The Kier molecular flexibility index (Phi) is 9.54. The third kappa shape index (κ3) is 7.75. The van der Waals surface area contributed by atoms with Gasteiger partial charge in [0.05, 0.1) is 0 Å². The summed E-state index contributed by atoms with van der Waals surface area (Å²) in [6, 6.07) is 15.2. The largest absolute Gasteiger partial charge is 0.378 e. The number of allylic oxidation sites excluding steroid dienone is 2. The highest BCUT2D eigenvalue weighted by atomic mass is 16.3. The highest BCUT2D eigenvalue weighted by molar-refractivity contribution is 6.04. The van der Waals surface area contributed by atoms with Gasteiger partial charge in [0, 0.05) is 17.4 Å². The first kappa shape index (κ1) is 28.7. The topological polar surface area (TPSA) is 82.0 Å². The van der Waals surface area contributed by atoms with E-state index in [1.54, 1.807) is 43.3 Å². The number of rotatable bonds is 8. The second-order valence-corrected chi connectivity index (χ2v) is 10.9. The molecule has 6 heteroatoms. The van der Waals surface area contributed by atoms with E-state index in [1.165, 1.54) is 11.1 Å². The molecule has 192 valence electrons. The first-order chi connectivity index (χ1) is 16.8. The Labute approximate surface area is 215 Å². The Hall–Kier alpha value is -3.51. The summed E-state index contributed by atoms with van der Waals surface area (Å²) in [6.07, 6.45) is 3.45. The van der Waals surface area contributed by atoms with Gasteiger partial charge >= 0.3 is 0 Å². The van der Waals surface area contributed by atoms with Gasteiger partial charge in [-0.2, -0.15) is 0 Å². The molecule has 2 amide bonds. The fraction of sp³-hybridized carbons (Fsp3) is 0.367. The number of benzene rings is 2. The molecule has 2 atom stereocenters. The lowest BCUT2D eigenvalue weighted by Crippen LogP contribution is -2.55. The van der Waals surface area contributed by atoms with E-state index < -0.39 is 23.6 Å². The molecule has 1 unspecified atom stereocenters. The maximum Gasteiger partial charge on any atom is 0.261 e. The van der Waals surface area contributed by atoms with Gasteiger partial charge in [-0.15, -0.1) is 0 Å². The number of hydrogen-bond acceptors (Lipinski definition) is 4. The van der Waals surface area contributed by atoms with E-state index in [0.717, 1.165) is 5.56 Å². The van der Waals surface area contributed by atoms with E-state index in [2.05, 4.69) is 37.8 Å². The third-order valence-electron chi connectivity index (χ3n) is 5.58. The number of hydrogen-bond donors (Lipinski definition) is 2. The number of aliphatic imine (C=N–C) groups is 1. The molecule has 0 heterocycles. The molecule has 36 heavy (non-hydrogen) atoms. The van der Waals surface area contributed by atoms with Crippen LogP contribution < -0.4 is 10.2 Å². The lowest BCUT2D eigenvalue weighted by molar-refractivity contribution is -0.131. The van der Waals surface area contributed by atoms with Crippen molar-refractivity contribution >= 4 is 24.2 Å². The number of aliphatic hydroxyl groups excluding tert-OH is 1. The monoisotopic (exact) mass is 489 g/mol. The Morgan fingerprint density at radius 2 is 1.58 bits per heavy atom. The van der Waals surface area contributed by atoms with Crippen LogP contribution in [0.4, 0.5) is 5.69 Å². The van der Waals surface area contributed by atoms with Crippen molar-refractivity contribution in [3.63, 3.8) is 0 Å².